The molecule has 2 aromatic carbocycles. The summed E-state index contributed by atoms with van der Waals surface area (Å²) in [6.45, 7) is 1.60. The highest BCUT2D eigenvalue weighted by Gasteiger charge is 2.14. The Bertz CT molecular complexity index is 958. The second kappa shape index (κ2) is 7.43. The zero-order valence-electron chi connectivity index (χ0n) is 13.9. The number of rotatable bonds is 5. The average molecular weight is 349 g/mol. The fourth-order valence-corrected chi connectivity index (χ4v) is 2.38. The molecule has 0 saturated heterocycles. The molecule has 3 aromatic rings. The third-order valence-electron chi connectivity index (χ3n) is 3.63. The average Bonchev–Trinajstić information content (AvgIpc) is 2.62. The molecule has 0 spiro atoms. The van der Waals surface area contributed by atoms with Crippen LogP contribution in [0.5, 0.6) is 11.5 Å². The smallest absolute Gasteiger partial charge is 0.272 e. The van der Waals surface area contributed by atoms with Crippen LogP contribution in [0.2, 0.25) is 0 Å². The Morgan fingerprint density at radius 1 is 1.08 bits per heavy atom. The Morgan fingerprint density at radius 2 is 1.85 bits per heavy atom. The number of anilines is 1. The maximum atomic E-state index is 12.4. The molecule has 1 amide bonds. The number of hydrogen-bond donors (Lipinski definition) is 1. The van der Waals surface area contributed by atoms with Crippen LogP contribution in [0, 0.1) is 17.0 Å². The van der Waals surface area contributed by atoms with Gasteiger partial charge in [-0.2, -0.15) is 0 Å². The van der Waals surface area contributed by atoms with E-state index in [0.29, 0.717) is 28.3 Å². The maximum absolute atomic E-state index is 12.4. The molecular weight excluding hydrogens is 334 g/mol. The van der Waals surface area contributed by atoms with Gasteiger partial charge in [-0.15, -0.1) is 0 Å². The van der Waals surface area contributed by atoms with Gasteiger partial charge in [-0.25, -0.2) is 0 Å². The first-order chi connectivity index (χ1) is 12.5. The van der Waals surface area contributed by atoms with E-state index >= 15 is 0 Å². The fourth-order valence-electron chi connectivity index (χ4n) is 2.38. The zero-order chi connectivity index (χ0) is 18.5. The van der Waals surface area contributed by atoms with Gasteiger partial charge < -0.3 is 10.1 Å². The van der Waals surface area contributed by atoms with Gasteiger partial charge in [0.15, 0.2) is 0 Å². The summed E-state index contributed by atoms with van der Waals surface area (Å²) in [6.07, 6.45) is 3.25. The number of benzene rings is 2. The number of nitro benzene ring substituents is 1. The van der Waals surface area contributed by atoms with E-state index < -0.39 is 4.92 Å². The largest absolute Gasteiger partial charge is 0.457 e. The van der Waals surface area contributed by atoms with E-state index in [4.69, 9.17) is 4.74 Å². The van der Waals surface area contributed by atoms with Crippen LogP contribution in [-0.2, 0) is 0 Å². The van der Waals surface area contributed by atoms with Crippen LogP contribution in [0.25, 0.3) is 0 Å². The van der Waals surface area contributed by atoms with E-state index in [0.717, 1.165) is 0 Å². The van der Waals surface area contributed by atoms with E-state index in [-0.39, 0.29) is 11.6 Å². The highest BCUT2D eigenvalue weighted by Crippen LogP contribution is 2.24. The van der Waals surface area contributed by atoms with Crippen molar-refractivity contribution in [3.05, 3.63) is 88.2 Å². The second-order valence-corrected chi connectivity index (χ2v) is 5.53. The molecule has 0 bridgehead atoms. The molecule has 3 rings (SSSR count). The third kappa shape index (κ3) is 4.02. The molecule has 0 aliphatic carbocycles. The molecule has 0 saturated carbocycles. The topological polar surface area (TPSA) is 94.4 Å². The van der Waals surface area contributed by atoms with Crippen molar-refractivity contribution in [1.29, 1.82) is 0 Å². The van der Waals surface area contributed by atoms with E-state index in [1.165, 1.54) is 18.2 Å². The number of aromatic nitrogens is 1. The van der Waals surface area contributed by atoms with Crippen molar-refractivity contribution in [2.24, 2.45) is 0 Å². The lowest BCUT2D eigenvalue weighted by Gasteiger charge is -2.09. The van der Waals surface area contributed by atoms with Crippen molar-refractivity contribution in [1.82, 2.24) is 4.98 Å². The van der Waals surface area contributed by atoms with Crippen molar-refractivity contribution in [2.75, 3.05) is 5.32 Å². The zero-order valence-corrected chi connectivity index (χ0v) is 13.9. The van der Waals surface area contributed by atoms with Crippen LogP contribution in [0.1, 0.15) is 15.9 Å². The molecule has 0 unspecified atom stereocenters. The number of nitrogens with one attached hydrogen (secondary N) is 1. The minimum absolute atomic E-state index is 0.0192. The van der Waals surface area contributed by atoms with Crippen LogP contribution >= 0.6 is 0 Å². The summed E-state index contributed by atoms with van der Waals surface area (Å²) in [5, 5.41) is 13.6. The molecule has 7 nitrogen and oxygen atoms in total. The highest BCUT2D eigenvalue weighted by molar-refractivity contribution is 6.04. The lowest BCUT2D eigenvalue weighted by atomic mass is 10.1. The number of carbonyl (C=O) groups excluding carboxylic acids is 1. The Kier molecular flexibility index (Phi) is 4.89. The predicted molar refractivity (Wildman–Crippen MR) is 96.5 cm³/mol. The molecule has 130 valence electrons. The Balaban J connectivity index is 1.74. The fraction of sp³-hybridized carbons (Fsp3) is 0.0526. The van der Waals surface area contributed by atoms with Crippen molar-refractivity contribution in [2.45, 2.75) is 6.92 Å². The van der Waals surface area contributed by atoms with Gasteiger partial charge in [0.1, 0.15) is 11.5 Å². The minimum Gasteiger partial charge on any atom is -0.457 e. The number of hydrogen-bond acceptors (Lipinski definition) is 5. The summed E-state index contributed by atoms with van der Waals surface area (Å²) in [6, 6.07) is 14.6. The number of pyridine rings is 1. The SMILES string of the molecule is Cc1cc(C(=O)Nc2cccc(Oc3ccncc3)c2)ccc1[N+](=O)[O-]. The molecule has 0 atom stereocenters. The third-order valence-corrected chi connectivity index (χ3v) is 3.63. The van der Waals surface area contributed by atoms with Crippen LogP contribution in [-0.4, -0.2) is 15.8 Å². The van der Waals surface area contributed by atoms with Gasteiger partial charge >= 0.3 is 0 Å². The Hall–Kier alpha value is -3.74. The minimum atomic E-state index is -0.475. The number of ether oxygens (including phenoxy) is 1. The quantitative estimate of drug-likeness (QED) is 0.546. The van der Waals surface area contributed by atoms with Gasteiger partial charge in [-0.05, 0) is 43.3 Å². The standard InChI is InChI=1S/C19H15N3O4/c1-13-11-14(5-6-18(13)22(24)25)19(23)21-15-3-2-4-17(12-15)26-16-7-9-20-10-8-16/h2-12H,1H3,(H,21,23). The van der Waals surface area contributed by atoms with Crippen molar-refractivity contribution < 1.29 is 14.5 Å². The maximum Gasteiger partial charge on any atom is 0.272 e. The van der Waals surface area contributed by atoms with Gasteiger partial charge in [0.2, 0.25) is 0 Å². The van der Waals surface area contributed by atoms with Crippen molar-refractivity contribution in [3.8, 4) is 11.5 Å². The number of aryl methyl sites for hydroxylation is 1. The van der Waals surface area contributed by atoms with Gasteiger partial charge in [0, 0.05) is 41.3 Å². The van der Waals surface area contributed by atoms with E-state index in [1.54, 1.807) is 55.7 Å². The number of amides is 1. The van der Waals surface area contributed by atoms with E-state index in [1.807, 2.05) is 0 Å². The summed E-state index contributed by atoms with van der Waals surface area (Å²) in [5.41, 5.74) is 1.30. The molecule has 0 radical (unpaired) electrons. The van der Waals surface area contributed by atoms with Gasteiger partial charge in [0.05, 0.1) is 4.92 Å². The van der Waals surface area contributed by atoms with Gasteiger partial charge in [0.25, 0.3) is 11.6 Å². The van der Waals surface area contributed by atoms with Gasteiger partial charge in [-0.1, -0.05) is 6.07 Å². The highest BCUT2D eigenvalue weighted by atomic mass is 16.6. The number of carbonyl (C=O) groups is 1. The van der Waals surface area contributed by atoms with Crippen LogP contribution < -0.4 is 10.1 Å². The predicted octanol–water partition coefficient (Wildman–Crippen LogP) is 4.34. The first-order valence-electron chi connectivity index (χ1n) is 7.77. The molecular formula is C19H15N3O4. The Labute approximate surface area is 149 Å². The molecule has 0 fully saturated rings. The molecule has 1 aromatic heterocycles. The van der Waals surface area contributed by atoms with Crippen LogP contribution in [0.15, 0.2) is 67.0 Å². The first-order valence-corrected chi connectivity index (χ1v) is 7.77. The molecule has 1 heterocycles. The summed E-state index contributed by atoms with van der Waals surface area (Å²) in [4.78, 5) is 26.7. The summed E-state index contributed by atoms with van der Waals surface area (Å²) in [5.74, 6) is 0.840. The molecule has 7 heteroatoms. The van der Waals surface area contributed by atoms with Gasteiger partial charge in [-0.3, -0.25) is 19.9 Å². The first kappa shape index (κ1) is 17.1. The normalized spacial score (nSPS) is 10.2. The lowest BCUT2D eigenvalue weighted by Crippen LogP contribution is -2.12. The molecule has 0 aliphatic heterocycles. The van der Waals surface area contributed by atoms with Crippen LogP contribution in [0.3, 0.4) is 0 Å². The summed E-state index contributed by atoms with van der Waals surface area (Å²) < 4.78 is 5.70. The molecule has 1 N–H and O–H groups in total. The molecule has 26 heavy (non-hydrogen) atoms. The summed E-state index contributed by atoms with van der Waals surface area (Å²) in [7, 11) is 0. The van der Waals surface area contributed by atoms with E-state index in [9.17, 15) is 14.9 Å². The number of nitro groups is 1. The van der Waals surface area contributed by atoms with Crippen molar-refractivity contribution in [3.63, 3.8) is 0 Å². The second-order valence-electron chi connectivity index (χ2n) is 5.53. The summed E-state index contributed by atoms with van der Waals surface area (Å²) >= 11 is 0. The van der Waals surface area contributed by atoms with Crippen LogP contribution in [0.4, 0.5) is 11.4 Å². The lowest BCUT2D eigenvalue weighted by molar-refractivity contribution is -0.385. The van der Waals surface area contributed by atoms with Crippen molar-refractivity contribution >= 4 is 17.3 Å². The van der Waals surface area contributed by atoms with E-state index in [2.05, 4.69) is 10.3 Å². The molecule has 0 aliphatic rings. The number of nitrogens with zero attached hydrogens (tertiary/aromatic N) is 2. The monoisotopic (exact) mass is 349 g/mol. The Morgan fingerprint density at radius 3 is 2.54 bits per heavy atom.